The van der Waals surface area contributed by atoms with E-state index in [0.717, 1.165) is 0 Å². The van der Waals surface area contributed by atoms with Gasteiger partial charge in [-0.2, -0.15) is 3.97 Å². The molecule has 0 aliphatic rings. The van der Waals surface area contributed by atoms with Crippen LogP contribution in [-0.2, 0) is 0 Å². The molecule has 1 rings (SSSR count). The second-order valence-electron chi connectivity index (χ2n) is 2.56. The first-order valence-corrected chi connectivity index (χ1v) is 4.97. The number of halogens is 1. The molecule has 0 unspecified atom stereocenters. The summed E-state index contributed by atoms with van der Waals surface area (Å²) in [5.41, 5.74) is 0. The topological polar surface area (TPSA) is 19.7 Å². The molecule has 4 heteroatoms. The number of nitrogens with one attached hydrogen (secondary N) is 1. The number of unbranched alkanes of at least 4 members (excludes halogenated alkanes) is 1. The van der Waals surface area contributed by atoms with Crippen molar-refractivity contribution in [3.63, 3.8) is 0 Å². The van der Waals surface area contributed by atoms with E-state index in [1.165, 1.54) is 24.4 Å². The second kappa shape index (κ2) is 6.54. The van der Waals surface area contributed by atoms with Crippen LogP contribution in [0.2, 0.25) is 0 Å². The van der Waals surface area contributed by atoms with Gasteiger partial charge in [0.25, 0.3) is 5.82 Å². The van der Waals surface area contributed by atoms with E-state index in [9.17, 15) is 0 Å². The first kappa shape index (κ1) is 12.0. The molecule has 2 nitrogen and oxygen atoms in total. The van der Waals surface area contributed by atoms with Crippen molar-refractivity contribution in [2.24, 2.45) is 0 Å². The average Bonchev–Trinajstić information content (AvgIpc) is 2.37. The number of aromatic nitrogens is 2. The van der Waals surface area contributed by atoms with Gasteiger partial charge in [-0.3, -0.25) is 0 Å². The Morgan fingerprint density at radius 2 is 2.33 bits per heavy atom. The molecule has 0 bridgehead atoms. The van der Waals surface area contributed by atoms with Crippen LogP contribution in [0.25, 0.3) is 0 Å². The fourth-order valence-corrected chi connectivity index (χ4v) is 1.86. The van der Waals surface area contributed by atoms with E-state index in [0.29, 0.717) is 0 Å². The molecule has 0 aromatic carbocycles. The predicted molar refractivity (Wildman–Crippen MR) is 48.5 cm³/mol. The molecule has 1 heterocycles. The number of hydrogen-bond donors (Lipinski definition) is 1. The number of aryl methyl sites for hydroxylation is 1. The third-order valence-corrected chi connectivity index (χ3v) is 2.71. The monoisotopic (exact) mass is 250 g/mol. The first-order chi connectivity index (χ1) is 5.34. The highest BCUT2D eigenvalue weighted by atomic mass is 79.9. The van der Waals surface area contributed by atoms with Crippen molar-refractivity contribution in [1.82, 2.24) is 4.98 Å². The van der Waals surface area contributed by atoms with E-state index in [1.54, 1.807) is 0 Å². The van der Waals surface area contributed by atoms with Crippen molar-refractivity contribution in [1.29, 1.82) is 0 Å². The maximum Gasteiger partial charge on any atom is 0.262 e. The quantitative estimate of drug-likeness (QED) is 0.532. The molecule has 1 aromatic heterocycles. The predicted octanol–water partition coefficient (Wildman–Crippen LogP) is -1.09. The lowest BCUT2D eigenvalue weighted by Crippen LogP contribution is -3.00. The van der Waals surface area contributed by atoms with Gasteiger partial charge in [0, 0.05) is 12.7 Å². The van der Waals surface area contributed by atoms with Crippen LogP contribution in [0.3, 0.4) is 0 Å². The largest absolute Gasteiger partial charge is 1.00 e. The summed E-state index contributed by atoms with van der Waals surface area (Å²) in [5, 5.41) is 0. The van der Waals surface area contributed by atoms with E-state index in [2.05, 4.69) is 29.0 Å². The normalized spacial score (nSPS) is 9.50. The lowest BCUT2D eigenvalue weighted by atomic mass is 10.4. The van der Waals surface area contributed by atoms with Crippen molar-refractivity contribution >= 4 is 11.9 Å². The first-order valence-electron chi connectivity index (χ1n) is 4.03. The summed E-state index contributed by atoms with van der Waals surface area (Å²) in [6.07, 6.45) is 6.60. The van der Waals surface area contributed by atoms with Crippen LogP contribution in [-0.4, -0.2) is 10.7 Å². The SMILES string of the molecule is CCCCS[n+]1cc[nH]c1C.[Br-]. The molecule has 1 N–H and O–H groups in total. The Balaban J connectivity index is 0.00000121. The van der Waals surface area contributed by atoms with Gasteiger partial charge in [-0.25, -0.2) is 4.98 Å². The zero-order chi connectivity index (χ0) is 8.10. The third kappa shape index (κ3) is 3.63. The molecule has 0 atom stereocenters. The molecule has 70 valence electrons. The minimum absolute atomic E-state index is 0. The van der Waals surface area contributed by atoms with Crippen molar-refractivity contribution in [2.75, 3.05) is 5.75 Å². The van der Waals surface area contributed by atoms with E-state index < -0.39 is 0 Å². The number of imidazole rings is 1. The Morgan fingerprint density at radius 1 is 1.58 bits per heavy atom. The maximum absolute atomic E-state index is 3.14. The van der Waals surface area contributed by atoms with Crippen molar-refractivity contribution < 1.29 is 21.0 Å². The number of aromatic amines is 1. The van der Waals surface area contributed by atoms with Gasteiger partial charge in [0.1, 0.15) is 12.4 Å². The standard InChI is InChI=1S/C8H14N2S.BrH/c1-3-4-7-11-10-6-5-9-8(10)2;/h5-6H,3-4,7H2,1-2H3;1H. The minimum Gasteiger partial charge on any atom is -1.00 e. The van der Waals surface area contributed by atoms with Crippen LogP contribution in [0.1, 0.15) is 25.6 Å². The van der Waals surface area contributed by atoms with Gasteiger partial charge in [-0.15, -0.1) is 0 Å². The fraction of sp³-hybridized carbons (Fsp3) is 0.625. The molecular formula is C8H15BrN2S. The van der Waals surface area contributed by atoms with E-state index >= 15 is 0 Å². The van der Waals surface area contributed by atoms with Crippen LogP contribution < -0.4 is 21.0 Å². The zero-order valence-electron chi connectivity index (χ0n) is 7.51. The van der Waals surface area contributed by atoms with Gasteiger partial charge in [0.15, 0.2) is 0 Å². The van der Waals surface area contributed by atoms with E-state index in [-0.39, 0.29) is 17.0 Å². The molecule has 0 radical (unpaired) electrons. The average molecular weight is 251 g/mol. The van der Waals surface area contributed by atoms with E-state index in [1.807, 2.05) is 18.1 Å². The summed E-state index contributed by atoms with van der Waals surface area (Å²) in [5.74, 6) is 2.42. The van der Waals surface area contributed by atoms with E-state index in [4.69, 9.17) is 0 Å². The summed E-state index contributed by atoms with van der Waals surface area (Å²) in [4.78, 5) is 3.14. The van der Waals surface area contributed by atoms with Gasteiger partial charge in [0.05, 0.1) is 11.9 Å². The third-order valence-electron chi connectivity index (χ3n) is 1.56. The van der Waals surface area contributed by atoms with Gasteiger partial charge in [-0.1, -0.05) is 13.3 Å². The van der Waals surface area contributed by atoms with Crippen LogP contribution in [0.5, 0.6) is 0 Å². The summed E-state index contributed by atoms with van der Waals surface area (Å²) in [6, 6.07) is 0. The van der Waals surface area contributed by atoms with Gasteiger partial charge >= 0.3 is 0 Å². The summed E-state index contributed by atoms with van der Waals surface area (Å²) < 4.78 is 2.18. The lowest BCUT2D eigenvalue weighted by molar-refractivity contribution is -0.500. The minimum atomic E-state index is 0. The Kier molecular flexibility index (Phi) is 6.57. The molecule has 0 spiro atoms. The fourth-order valence-electron chi connectivity index (χ4n) is 0.848. The van der Waals surface area contributed by atoms with Gasteiger partial charge in [-0.05, 0) is 6.42 Å². The highest BCUT2D eigenvalue weighted by Gasteiger charge is 2.03. The Bertz CT molecular complexity index is 213. The lowest BCUT2D eigenvalue weighted by Gasteiger charge is -1.93. The number of H-pyrrole nitrogens is 1. The molecular weight excluding hydrogens is 236 g/mol. The molecule has 0 aliphatic heterocycles. The highest BCUT2D eigenvalue weighted by Crippen LogP contribution is 2.00. The Hall–Kier alpha value is 0.0400. The van der Waals surface area contributed by atoms with Crippen LogP contribution in [0, 0.1) is 6.92 Å². The molecule has 0 saturated heterocycles. The smallest absolute Gasteiger partial charge is 0.262 e. The van der Waals surface area contributed by atoms with Gasteiger partial charge < -0.3 is 17.0 Å². The number of nitrogens with zero attached hydrogens (tertiary/aromatic N) is 1. The number of rotatable bonds is 4. The molecule has 0 aliphatic carbocycles. The highest BCUT2D eigenvalue weighted by molar-refractivity contribution is 7.92. The second-order valence-corrected chi connectivity index (χ2v) is 3.62. The van der Waals surface area contributed by atoms with Crippen molar-refractivity contribution in [2.45, 2.75) is 26.7 Å². The van der Waals surface area contributed by atoms with Crippen molar-refractivity contribution in [3.05, 3.63) is 18.2 Å². The van der Waals surface area contributed by atoms with Crippen LogP contribution in [0.15, 0.2) is 12.4 Å². The molecule has 0 saturated carbocycles. The van der Waals surface area contributed by atoms with Crippen molar-refractivity contribution in [3.8, 4) is 0 Å². The molecule has 12 heavy (non-hydrogen) atoms. The summed E-state index contributed by atoms with van der Waals surface area (Å²) in [6.45, 7) is 4.30. The molecule has 0 fully saturated rings. The summed E-state index contributed by atoms with van der Waals surface area (Å²) >= 11 is 1.86. The Morgan fingerprint density at radius 3 is 2.83 bits per heavy atom. The van der Waals surface area contributed by atoms with Crippen LogP contribution in [0.4, 0.5) is 0 Å². The summed E-state index contributed by atoms with van der Waals surface area (Å²) in [7, 11) is 0. The zero-order valence-corrected chi connectivity index (χ0v) is 9.91. The number of hydrogen-bond acceptors (Lipinski definition) is 1. The Labute approximate surface area is 88.7 Å². The molecule has 1 aromatic rings. The van der Waals surface area contributed by atoms with Gasteiger partial charge in [0.2, 0.25) is 0 Å². The maximum atomic E-state index is 3.14. The van der Waals surface area contributed by atoms with Crippen LogP contribution >= 0.6 is 11.9 Å². The molecule has 0 amide bonds.